The van der Waals surface area contributed by atoms with Gasteiger partial charge in [-0.3, -0.25) is 0 Å². The molecule has 1 aliphatic heterocycles. The first-order chi connectivity index (χ1) is 12.0. The van der Waals surface area contributed by atoms with E-state index >= 15 is 0 Å². The van der Waals surface area contributed by atoms with Crippen LogP contribution in [0.3, 0.4) is 0 Å². The number of nitrogens with zero attached hydrogens (tertiary/aromatic N) is 1. The van der Waals surface area contributed by atoms with Gasteiger partial charge in [0.15, 0.2) is 9.84 Å². The number of aliphatic hydroxyl groups is 1. The molecule has 9 heteroatoms. The molecule has 1 aliphatic rings. The lowest BCUT2D eigenvalue weighted by molar-refractivity contribution is 0.0149. The molecular formula is C17H26ClNO5S2. The van der Waals surface area contributed by atoms with Gasteiger partial charge in [-0.1, -0.05) is 11.6 Å². The van der Waals surface area contributed by atoms with E-state index in [1.807, 2.05) is 20.8 Å². The maximum Gasteiger partial charge on any atom is 0.410 e. The lowest BCUT2D eigenvalue weighted by Gasteiger charge is -2.36. The Morgan fingerprint density at radius 3 is 2.46 bits per heavy atom. The fraction of sp³-hybridized carbons (Fsp3) is 0.706. The van der Waals surface area contributed by atoms with Gasteiger partial charge in [-0.15, -0.1) is 11.3 Å². The Hall–Kier alpha value is -0.830. The molecular weight excluding hydrogens is 398 g/mol. The van der Waals surface area contributed by atoms with Crippen molar-refractivity contribution in [3.63, 3.8) is 0 Å². The van der Waals surface area contributed by atoms with E-state index in [4.69, 9.17) is 16.3 Å². The van der Waals surface area contributed by atoms with Gasteiger partial charge in [0.05, 0.1) is 10.1 Å². The van der Waals surface area contributed by atoms with Crippen LogP contribution in [-0.2, 0) is 14.6 Å². The first-order valence-electron chi connectivity index (χ1n) is 8.59. The van der Waals surface area contributed by atoms with Crippen molar-refractivity contribution in [2.45, 2.75) is 43.4 Å². The number of carbonyl (C=O) groups is 1. The topological polar surface area (TPSA) is 83.9 Å². The maximum atomic E-state index is 12.5. The van der Waals surface area contributed by atoms with Crippen LogP contribution in [0.4, 0.5) is 4.79 Å². The molecule has 1 N–H and O–H groups in total. The van der Waals surface area contributed by atoms with Crippen LogP contribution < -0.4 is 0 Å². The summed E-state index contributed by atoms with van der Waals surface area (Å²) >= 11 is 6.86. The van der Waals surface area contributed by atoms with Crippen molar-refractivity contribution in [2.75, 3.05) is 25.4 Å². The molecule has 1 aromatic heterocycles. The van der Waals surface area contributed by atoms with Crippen molar-refractivity contribution in [2.24, 2.45) is 11.8 Å². The van der Waals surface area contributed by atoms with Gasteiger partial charge < -0.3 is 14.7 Å². The van der Waals surface area contributed by atoms with Crippen LogP contribution in [0, 0.1) is 11.8 Å². The molecule has 1 atom stereocenters. The molecule has 0 aromatic carbocycles. The fourth-order valence-electron chi connectivity index (χ4n) is 3.05. The lowest BCUT2D eigenvalue weighted by atomic mass is 9.86. The molecule has 26 heavy (non-hydrogen) atoms. The zero-order valence-corrected chi connectivity index (χ0v) is 17.7. The van der Waals surface area contributed by atoms with Crippen LogP contribution in [0.1, 0.15) is 33.6 Å². The highest BCUT2D eigenvalue weighted by molar-refractivity contribution is 7.93. The second kappa shape index (κ2) is 8.46. The van der Waals surface area contributed by atoms with Crippen LogP contribution >= 0.6 is 22.9 Å². The summed E-state index contributed by atoms with van der Waals surface area (Å²) in [6.07, 6.45) is 0.938. The number of aliphatic hydroxyl groups excluding tert-OH is 1. The molecule has 0 saturated carbocycles. The average molecular weight is 424 g/mol. The average Bonchev–Trinajstić information content (AvgIpc) is 2.99. The van der Waals surface area contributed by atoms with E-state index in [0.717, 1.165) is 11.3 Å². The second-order valence-electron chi connectivity index (χ2n) is 7.59. The first-order valence-corrected chi connectivity index (χ1v) is 11.4. The van der Waals surface area contributed by atoms with E-state index in [1.165, 1.54) is 6.07 Å². The van der Waals surface area contributed by atoms with Crippen molar-refractivity contribution < 1.29 is 23.1 Å². The highest BCUT2D eigenvalue weighted by Gasteiger charge is 2.33. The van der Waals surface area contributed by atoms with E-state index in [1.54, 1.807) is 11.0 Å². The summed E-state index contributed by atoms with van der Waals surface area (Å²) in [6, 6.07) is 3.06. The van der Waals surface area contributed by atoms with Crippen molar-refractivity contribution in [1.29, 1.82) is 0 Å². The number of amides is 1. The van der Waals surface area contributed by atoms with Crippen molar-refractivity contribution in [3.05, 3.63) is 16.5 Å². The van der Waals surface area contributed by atoms with Crippen LogP contribution in [0.5, 0.6) is 0 Å². The van der Waals surface area contributed by atoms with Crippen molar-refractivity contribution in [3.8, 4) is 0 Å². The number of hydrogen-bond acceptors (Lipinski definition) is 6. The minimum absolute atomic E-state index is 0.0453. The summed E-state index contributed by atoms with van der Waals surface area (Å²) in [5.41, 5.74) is -0.544. The largest absolute Gasteiger partial charge is 0.444 e. The van der Waals surface area contributed by atoms with Gasteiger partial charge in [0, 0.05) is 19.7 Å². The second-order valence-corrected chi connectivity index (χ2v) is 11.6. The van der Waals surface area contributed by atoms with E-state index in [9.17, 15) is 18.3 Å². The molecule has 148 valence electrons. The summed E-state index contributed by atoms with van der Waals surface area (Å²) in [6.45, 7) is 6.26. The Morgan fingerprint density at radius 1 is 1.38 bits per heavy atom. The highest BCUT2D eigenvalue weighted by atomic mass is 35.5. The number of carbonyl (C=O) groups excluding carboxylic acids is 1. The normalized spacial score (nSPS) is 18.0. The predicted molar refractivity (Wildman–Crippen MR) is 102 cm³/mol. The zero-order valence-electron chi connectivity index (χ0n) is 15.3. The molecule has 0 radical (unpaired) electrons. The number of thiophene rings is 1. The highest BCUT2D eigenvalue weighted by Crippen LogP contribution is 2.31. The number of piperidine rings is 1. The standard InChI is InChI=1S/C17H26ClNO5S2/c1-17(2,3)24-16(21)19-8-6-12(7-9-19)13(10-20)11-26(22,23)15-5-4-14(18)25-15/h4-5,12-13,20H,6-11H2,1-3H3/t13-/m0/s1. The van der Waals surface area contributed by atoms with Gasteiger partial charge in [0.2, 0.25) is 0 Å². The number of halogens is 1. The van der Waals surface area contributed by atoms with Gasteiger partial charge in [0.25, 0.3) is 0 Å². The summed E-state index contributed by atoms with van der Waals surface area (Å²) < 4.78 is 31.1. The van der Waals surface area contributed by atoms with Gasteiger partial charge >= 0.3 is 6.09 Å². The van der Waals surface area contributed by atoms with Crippen molar-refractivity contribution in [1.82, 2.24) is 4.90 Å². The third kappa shape index (κ3) is 5.84. The third-order valence-electron chi connectivity index (χ3n) is 4.38. The maximum absolute atomic E-state index is 12.5. The van der Waals surface area contributed by atoms with E-state index in [0.29, 0.717) is 30.3 Å². The molecule has 6 nitrogen and oxygen atoms in total. The number of ether oxygens (including phenoxy) is 1. The SMILES string of the molecule is CC(C)(C)OC(=O)N1CCC([C@@H](CO)CS(=O)(=O)c2ccc(Cl)s2)CC1. The monoisotopic (exact) mass is 423 g/mol. The minimum Gasteiger partial charge on any atom is -0.444 e. The smallest absolute Gasteiger partial charge is 0.410 e. The molecule has 0 bridgehead atoms. The molecule has 1 aromatic rings. The number of hydrogen-bond donors (Lipinski definition) is 1. The van der Waals surface area contributed by atoms with Crippen LogP contribution in [-0.4, -0.2) is 55.6 Å². The Bertz CT molecular complexity index is 718. The molecule has 0 aliphatic carbocycles. The van der Waals surface area contributed by atoms with E-state index < -0.39 is 15.4 Å². The van der Waals surface area contributed by atoms with Crippen LogP contribution in [0.15, 0.2) is 16.3 Å². The van der Waals surface area contributed by atoms with Gasteiger partial charge in [0.1, 0.15) is 9.81 Å². The Morgan fingerprint density at radius 2 is 2.00 bits per heavy atom. The summed E-state index contributed by atoms with van der Waals surface area (Å²) in [7, 11) is -3.49. The van der Waals surface area contributed by atoms with Crippen molar-refractivity contribution >= 4 is 38.9 Å². The number of rotatable bonds is 5. The molecule has 2 heterocycles. The van der Waals surface area contributed by atoms with Gasteiger partial charge in [-0.2, -0.15) is 0 Å². The van der Waals surface area contributed by atoms with Gasteiger partial charge in [-0.05, 0) is 57.6 Å². The van der Waals surface area contributed by atoms with Crippen LogP contribution in [0.25, 0.3) is 0 Å². The third-order valence-corrected chi connectivity index (χ3v) is 8.03. The Kier molecular flexibility index (Phi) is 6.98. The minimum atomic E-state index is -3.49. The summed E-state index contributed by atoms with van der Waals surface area (Å²) in [5.74, 6) is -0.428. The fourth-order valence-corrected chi connectivity index (χ4v) is 6.32. The van der Waals surface area contributed by atoms with Crippen LogP contribution in [0.2, 0.25) is 4.34 Å². The molecule has 0 unspecified atom stereocenters. The number of likely N-dealkylation sites (tertiary alicyclic amines) is 1. The summed E-state index contributed by atoms with van der Waals surface area (Å²) in [4.78, 5) is 13.8. The first kappa shape index (κ1) is 21.5. The van der Waals surface area contributed by atoms with Gasteiger partial charge in [-0.25, -0.2) is 13.2 Å². The Labute approximate surface area is 164 Å². The molecule has 2 rings (SSSR count). The van der Waals surface area contributed by atoms with E-state index in [2.05, 4.69) is 0 Å². The quantitative estimate of drug-likeness (QED) is 0.784. The molecule has 1 saturated heterocycles. The molecule has 1 fully saturated rings. The molecule has 0 spiro atoms. The number of sulfone groups is 1. The molecule has 1 amide bonds. The lowest BCUT2D eigenvalue weighted by Crippen LogP contribution is -2.43. The predicted octanol–water partition coefficient (Wildman–Crippen LogP) is 3.43. The zero-order chi connectivity index (χ0) is 19.5. The van der Waals surface area contributed by atoms with E-state index in [-0.39, 0.29) is 34.5 Å². The Balaban J connectivity index is 1.95. The summed E-state index contributed by atoms with van der Waals surface area (Å²) in [5, 5.41) is 9.73.